The second-order valence-electron chi connectivity index (χ2n) is 7.88. The molecule has 0 spiro atoms. The number of ether oxygens (including phenoxy) is 1. The number of hydrogen-bond donors (Lipinski definition) is 1. The van der Waals surface area contributed by atoms with Crippen molar-refractivity contribution in [3.05, 3.63) is 69.3 Å². The Balaban J connectivity index is 1.86. The zero-order chi connectivity index (χ0) is 20.7. The van der Waals surface area contributed by atoms with Crippen molar-refractivity contribution >= 4 is 40.1 Å². The number of aromatic amines is 1. The van der Waals surface area contributed by atoms with Crippen molar-refractivity contribution in [1.29, 1.82) is 0 Å². The van der Waals surface area contributed by atoms with Crippen molar-refractivity contribution in [1.82, 2.24) is 9.88 Å². The number of carbonyl (C=O) groups excluding carboxylic acids is 1. The lowest BCUT2D eigenvalue weighted by molar-refractivity contribution is -0.149. The van der Waals surface area contributed by atoms with E-state index in [1.807, 2.05) is 24.3 Å². The summed E-state index contributed by atoms with van der Waals surface area (Å²) in [4.78, 5) is 18.6. The summed E-state index contributed by atoms with van der Waals surface area (Å²) in [5.74, 6) is 0.0389. The van der Waals surface area contributed by atoms with Gasteiger partial charge in [-0.3, -0.25) is 9.69 Å². The maximum Gasteiger partial charge on any atom is 0.323 e. The van der Waals surface area contributed by atoms with Crippen molar-refractivity contribution in [2.45, 2.75) is 38.9 Å². The number of nitrogens with zero attached hydrogens (tertiary/aromatic N) is 1. The molecule has 2 aromatic carbocycles. The molecule has 1 aliphatic rings. The second kappa shape index (κ2) is 8.02. The van der Waals surface area contributed by atoms with Gasteiger partial charge in [-0.2, -0.15) is 0 Å². The van der Waals surface area contributed by atoms with Gasteiger partial charge in [-0.1, -0.05) is 67.4 Å². The summed E-state index contributed by atoms with van der Waals surface area (Å²) in [5, 5.41) is 2.22. The molecule has 0 radical (unpaired) electrons. The molecule has 1 aromatic heterocycles. The Morgan fingerprint density at radius 1 is 1.21 bits per heavy atom. The summed E-state index contributed by atoms with van der Waals surface area (Å²) in [6, 6.07) is 13.5. The van der Waals surface area contributed by atoms with Crippen LogP contribution in [0.5, 0.6) is 0 Å². The van der Waals surface area contributed by atoms with Gasteiger partial charge in [0, 0.05) is 29.6 Å². The lowest BCUT2D eigenvalue weighted by atomic mass is 9.86. The van der Waals surface area contributed by atoms with Crippen LogP contribution in [0, 0.1) is 5.92 Å². The van der Waals surface area contributed by atoms with Gasteiger partial charge < -0.3 is 9.72 Å². The quantitative estimate of drug-likeness (QED) is 0.534. The van der Waals surface area contributed by atoms with Crippen LogP contribution in [0.1, 0.15) is 36.7 Å². The van der Waals surface area contributed by atoms with Crippen LogP contribution in [0.3, 0.4) is 0 Å². The molecule has 1 aliphatic heterocycles. The molecule has 2 heterocycles. The maximum absolute atomic E-state index is 12.8. The number of methoxy groups -OCH3 is 1. The third-order valence-electron chi connectivity index (χ3n) is 5.79. The Kier molecular flexibility index (Phi) is 5.60. The van der Waals surface area contributed by atoms with Gasteiger partial charge >= 0.3 is 5.97 Å². The van der Waals surface area contributed by atoms with Gasteiger partial charge in [0.1, 0.15) is 6.04 Å². The number of rotatable bonds is 4. The predicted octanol–water partition coefficient (Wildman–Crippen LogP) is 5.77. The van der Waals surface area contributed by atoms with E-state index in [0.29, 0.717) is 23.0 Å². The first kappa shape index (κ1) is 20.3. The monoisotopic (exact) mass is 430 g/mol. The first-order valence-corrected chi connectivity index (χ1v) is 10.5. The molecular formula is C23H24Cl2N2O2. The van der Waals surface area contributed by atoms with E-state index in [4.69, 9.17) is 27.9 Å². The van der Waals surface area contributed by atoms with Gasteiger partial charge in [-0.25, -0.2) is 0 Å². The van der Waals surface area contributed by atoms with Crippen LogP contribution in [-0.4, -0.2) is 29.0 Å². The van der Waals surface area contributed by atoms with Crippen molar-refractivity contribution in [2.75, 3.05) is 7.11 Å². The number of esters is 1. The van der Waals surface area contributed by atoms with Gasteiger partial charge in [0.15, 0.2) is 0 Å². The summed E-state index contributed by atoms with van der Waals surface area (Å²) >= 11 is 12.7. The SMILES string of the molecule is COC(=O)[C@H]1Cc2c([nH]c3ccccc23)C(C(C)C)N1Cc1cccc(Cl)c1Cl. The molecule has 6 heteroatoms. The first-order chi connectivity index (χ1) is 13.9. The van der Waals surface area contributed by atoms with Gasteiger partial charge in [0.25, 0.3) is 0 Å². The maximum atomic E-state index is 12.8. The van der Waals surface area contributed by atoms with E-state index in [2.05, 4.69) is 35.9 Å². The minimum atomic E-state index is -0.394. The van der Waals surface area contributed by atoms with Crippen molar-refractivity contribution in [3.8, 4) is 0 Å². The van der Waals surface area contributed by atoms with E-state index in [1.165, 1.54) is 23.8 Å². The molecule has 29 heavy (non-hydrogen) atoms. The van der Waals surface area contributed by atoms with Gasteiger partial charge in [0.2, 0.25) is 0 Å². The summed E-state index contributed by atoms with van der Waals surface area (Å²) in [5.41, 5.74) is 4.36. The number of benzene rings is 2. The van der Waals surface area contributed by atoms with Gasteiger partial charge in [-0.15, -0.1) is 0 Å². The number of halogens is 2. The topological polar surface area (TPSA) is 45.3 Å². The van der Waals surface area contributed by atoms with Crippen LogP contribution < -0.4 is 0 Å². The smallest absolute Gasteiger partial charge is 0.323 e. The van der Waals surface area contributed by atoms with Crippen molar-refractivity contribution < 1.29 is 9.53 Å². The number of H-pyrrole nitrogens is 1. The predicted molar refractivity (Wildman–Crippen MR) is 117 cm³/mol. The van der Waals surface area contributed by atoms with Crippen molar-refractivity contribution in [2.24, 2.45) is 5.92 Å². The third kappa shape index (κ3) is 3.54. The number of fused-ring (bicyclic) bond motifs is 3. The summed E-state index contributed by atoms with van der Waals surface area (Å²) < 4.78 is 5.19. The zero-order valence-electron chi connectivity index (χ0n) is 16.7. The van der Waals surface area contributed by atoms with Crippen LogP contribution in [0.2, 0.25) is 10.0 Å². The Hall–Kier alpha value is -2.01. The first-order valence-electron chi connectivity index (χ1n) is 9.78. The number of aromatic nitrogens is 1. The molecule has 0 saturated carbocycles. The Morgan fingerprint density at radius 3 is 2.69 bits per heavy atom. The average Bonchev–Trinajstić information content (AvgIpc) is 3.08. The van der Waals surface area contributed by atoms with Crippen LogP contribution in [-0.2, 0) is 22.5 Å². The Morgan fingerprint density at radius 2 is 1.97 bits per heavy atom. The van der Waals surface area contributed by atoms with E-state index < -0.39 is 6.04 Å². The number of carbonyl (C=O) groups is 1. The molecular weight excluding hydrogens is 407 g/mol. The van der Waals surface area contributed by atoms with E-state index in [1.54, 1.807) is 6.07 Å². The third-order valence-corrected chi connectivity index (χ3v) is 6.64. The standard InChI is InChI=1S/C23H24Cl2N2O2/c1-13(2)22-21-16(15-8-4-5-10-18(15)26-21)11-19(23(28)29-3)27(22)12-14-7-6-9-17(24)20(14)25/h4-10,13,19,22,26H,11-12H2,1-3H3/t19-,22?/m1/s1. The van der Waals surface area contributed by atoms with Gasteiger partial charge in [0.05, 0.1) is 23.2 Å². The highest BCUT2D eigenvalue weighted by Crippen LogP contribution is 2.42. The fraction of sp³-hybridized carbons (Fsp3) is 0.348. The van der Waals surface area contributed by atoms with E-state index in [-0.39, 0.29) is 17.9 Å². The lowest BCUT2D eigenvalue weighted by Crippen LogP contribution is -2.49. The fourth-order valence-electron chi connectivity index (χ4n) is 4.51. The molecule has 152 valence electrons. The van der Waals surface area contributed by atoms with E-state index >= 15 is 0 Å². The normalized spacial score (nSPS) is 19.5. The van der Waals surface area contributed by atoms with Gasteiger partial charge in [-0.05, 0) is 29.2 Å². The largest absolute Gasteiger partial charge is 0.468 e. The molecule has 4 rings (SSSR count). The molecule has 0 fully saturated rings. The molecule has 0 amide bonds. The van der Waals surface area contributed by atoms with E-state index in [9.17, 15) is 4.79 Å². The molecule has 0 bridgehead atoms. The molecule has 3 aromatic rings. The molecule has 0 saturated heterocycles. The Labute approximate surface area is 180 Å². The number of nitrogens with one attached hydrogen (secondary N) is 1. The lowest BCUT2D eigenvalue weighted by Gasteiger charge is -2.42. The molecule has 2 atom stereocenters. The highest BCUT2D eigenvalue weighted by atomic mass is 35.5. The molecule has 1 N–H and O–H groups in total. The zero-order valence-corrected chi connectivity index (χ0v) is 18.2. The molecule has 4 nitrogen and oxygen atoms in total. The van der Waals surface area contributed by atoms with Crippen LogP contribution >= 0.6 is 23.2 Å². The van der Waals surface area contributed by atoms with Crippen LogP contribution in [0.15, 0.2) is 42.5 Å². The summed E-state index contributed by atoms with van der Waals surface area (Å²) in [6.07, 6.45) is 0.591. The Bertz CT molecular complexity index is 1060. The summed E-state index contributed by atoms with van der Waals surface area (Å²) in [6.45, 7) is 4.86. The number of hydrogen-bond acceptors (Lipinski definition) is 3. The summed E-state index contributed by atoms with van der Waals surface area (Å²) in [7, 11) is 1.45. The van der Waals surface area contributed by atoms with E-state index in [0.717, 1.165) is 11.1 Å². The van der Waals surface area contributed by atoms with Crippen molar-refractivity contribution in [3.63, 3.8) is 0 Å². The van der Waals surface area contributed by atoms with Crippen LogP contribution in [0.4, 0.5) is 0 Å². The second-order valence-corrected chi connectivity index (χ2v) is 8.67. The van der Waals surface area contributed by atoms with Crippen LogP contribution in [0.25, 0.3) is 10.9 Å². The number of para-hydroxylation sites is 1. The molecule has 0 aliphatic carbocycles. The minimum absolute atomic E-state index is 0.0188. The average molecular weight is 431 g/mol. The fourth-order valence-corrected chi connectivity index (χ4v) is 4.89. The highest BCUT2D eigenvalue weighted by Gasteiger charge is 2.42. The highest BCUT2D eigenvalue weighted by molar-refractivity contribution is 6.42. The minimum Gasteiger partial charge on any atom is -0.468 e. The molecule has 1 unspecified atom stereocenters.